The maximum absolute atomic E-state index is 5.84. The molecule has 0 amide bonds. The first kappa shape index (κ1) is 7.55. The first-order chi connectivity index (χ1) is 5.70. The third-order valence-electron chi connectivity index (χ3n) is 1.90. The fourth-order valence-corrected chi connectivity index (χ4v) is 1.48. The Morgan fingerprint density at radius 2 is 2.00 bits per heavy atom. The molecule has 0 unspecified atom stereocenters. The van der Waals surface area contributed by atoms with Crippen molar-refractivity contribution in [3.05, 3.63) is 28.7 Å². The average molecular weight is 182 g/mol. The topological polar surface area (TPSA) is 30.2 Å². The van der Waals surface area contributed by atoms with Gasteiger partial charge in [0.15, 0.2) is 5.65 Å². The summed E-state index contributed by atoms with van der Waals surface area (Å²) in [5.74, 6) is 0. The molecular formula is C8H8ClN3. The van der Waals surface area contributed by atoms with E-state index in [0.29, 0.717) is 5.28 Å². The van der Waals surface area contributed by atoms with Crippen molar-refractivity contribution in [3.63, 3.8) is 0 Å². The highest BCUT2D eigenvalue weighted by atomic mass is 35.5. The summed E-state index contributed by atoms with van der Waals surface area (Å²) in [5.41, 5.74) is 2.96. The highest BCUT2D eigenvalue weighted by Gasteiger charge is 2.06. The zero-order valence-electron chi connectivity index (χ0n) is 6.87. The summed E-state index contributed by atoms with van der Waals surface area (Å²) >= 11 is 5.84. The zero-order valence-corrected chi connectivity index (χ0v) is 7.63. The van der Waals surface area contributed by atoms with Gasteiger partial charge in [-0.15, -0.1) is 10.2 Å². The Labute approximate surface area is 75.0 Å². The predicted octanol–water partition coefficient (Wildman–Crippen LogP) is 2.00. The van der Waals surface area contributed by atoms with E-state index >= 15 is 0 Å². The highest BCUT2D eigenvalue weighted by molar-refractivity contribution is 6.28. The molecule has 0 aliphatic rings. The molecule has 0 N–H and O–H groups in total. The van der Waals surface area contributed by atoms with Gasteiger partial charge in [0.25, 0.3) is 0 Å². The molecule has 0 saturated heterocycles. The molecule has 2 aromatic rings. The van der Waals surface area contributed by atoms with Gasteiger partial charge in [-0.3, -0.25) is 4.40 Å². The third kappa shape index (κ3) is 0.898. The monoisotopic (exact) mass is 181 g/mol. The number of pyridine rings is 1. The van der Waals surface area contributed by atoms with E-state index in [4.69, 9.17) is 11.6 Å². The fourth-order valence-electron chi connectivity index (χ4n) is 1.23. The van der Waals surface area contributed by atoms with Crippen LogP contribution in [0.3, 0.4) is 0 Å². The summed E-state index contributed by atoms with van der Waals surface area (Å²) in [6.45, 7) is 3.96. The Kier molecular flexibility index (Phi) is 1.54. The number of aryl methyl sites for hydroxylation is 2. The number of halogens is 1. The molecule has 2 aromatic heterocycles. The minimum atomic E-state index is 0.422. The van der Waals surface area contributed by atoms with Crippen molar-refractivity contribution in [3.8, 4) is 0 Å². The molecule has 0 aliphatic heterocycles. The van der Waals surface area contributed by atoms with Crippen LogP contribution >= 0.6 is 11.6 Å². The van der Waals surface area contributed by atoms with Crippen LogP contribution in [0.4, 0.5) is 0 Å². The van der Waals surface area contributed by atoms with Gasteiger partial charge in [-0.05, 0) is 37.1 Å². The normalized spacial score (nSPS) is 10.9. The maximum atomic E-state index is 5.84. The molecular weight excluding hydrogens is 174 g/mol. The van der Waals surface area contributed by atoms with Gasteiger partial charge >= 0.3 is 0 Å². The van der Waals surface area contributed by atoms with E-state index in [1.807, 2.05) is 30.4 Å². The first-order valence-electron chi connectivity index (χ1n) is 3.67. The molecule has 12 heavy (non-hydrogen) atoms. The lowest BCUT2D eigenvalue weighted by Crippen LogP contribution is -1.92. The Balaban J connectivity index is 2.98. The van der Waals surface area contributed by atoms with Crippen LogP contribution in [0.1, 0.15) is 11.3 Å². The van der Waals surface area contributed by atoms with E-state index in [2.05, 4.69) is 10.2 Å². The van der Waals surface area contributed by atoms with Crippen LogP contribution in [0.15, 0.2) is 12.1 Å². The number of hydrogen-bond acceptors (Lipinski definition) is 2. The SMILES string of the molecule is Cc1ccc(C)n2c(Cl)nnc12. The summed E-state index contributed by atoms with van der Waals surface area (Å²) < 4.78 is 1.83. The zero-order chi connectivity index (χ0) is 8.72. The van der Waals surface area contributed by atoms with E-state index in [0.717, 1.165) is 16.9 Å². The van der Waals surface area contributed by atoms with E-state index in [-0.39, 0.29) is 0 Å². The van der Waals surface area contributed by atoms with Crippen molar-refractivity contribution in [1.82, 2.24) is 14.6 Å². The van der Waals surface area contributed by atoms with E-state index in [9.17, 15) is 0 Å². The van der Waals surface area contributed by atoms with Crippen LogP contribution in [-0.4, -0.2) is 14.6 Å². The average Bonchev–Trinajstić information content (AvgIpc) is 2.42. The Morgan fingerprint density at radius 3 is 2.67 bits per heavy atom. The van der Waals surface area contributed by atoms with Gasteiger partial charge in [0.05, 0.1) is 0 Å². The van der Waals surface area contributed by atoms with Crippen molar-refractivity contribution < 1.29 is 0 Å². The maximum Gasteiger partial charge on any atom is 0.229 e. The standard InChI is InChI=1S/C8H8ClN3/c1-5-3-4-6(2)12-7(5)10-11-8(12)9/h3-4H,1-2H3. The molecule has 0 aromatic carbocycles. The minimum Gasteiger partial charge on any atom is -0.270 e. The summed E-state index contributed by atoms with van der Waals surface area (Å²) in [6.07, 6.45) is 0. The van der Waals surface area contributed by atoms with E-state index in [1.165, 1.54) is 0 Å². The number of aromatic nitrogens is 3. The molecule has 0 bridgehead atoms. The van der Waals surface area contributed by atoms with Crippen LogP contribution in [-0.2, 0) is 0 Å². The van der Waals surface area contributed by atoms with E-state index < -0.39 is 0 Å². The highest BCUT2D eigenvalue weighted by Crippen LogP contribution is 2.14. The Bertz CT molecular complexity index is 433. The van der Waals surface area contributed by atoms with Crippen LogP contribution in [0.25, 0.3) is 5.65 Å². The largest absolute Gasteiger partial charge is 0.270 e. The van der Waals surface area contributed by atoms with Gasteiger partial charge in [-0.1, -0.05) is 6.07 Å². The second kappa shape index (κ2) is 2.45. The minimum absolute atomic E-state index is 0.422. The van der Waals surface area contributed by atoms with Gasteiger partial charge < -0.3 is 0 Å². The van der Waals surface area contributed by atoms with Crippen molar-refractivity contribution in [2.75, 3.05) is 0 Å². The first-order valence-corrected chi connectivity index (χ1v) is 4.05. The molecule has 0 fully saturated rings. The molecule has 0 saturated carbocycles. The second-order valence-corrected chi connectivity index (χ2v) is 3.12. The molecule has 62 valence electrons. The molecule has 0 radical (unpaired) electrons. The number of fused-ring (bicyclic) bond motifs is 1. The molecule has 2 rings (SSSR count). The molecule has 3 nitrogen and oxygen atoms in total. The smallest absolute Gasteiger partial charge is 0.229 e. The molecule has 0 atom stereocenters. The predicted molar refractivity (Wildman–Crippen MR) is 47.5 cm³/mol. The molecule has 0 spiro atoms. The van der Waals surface area contributed by atoms with Crippen LogP contribution in [0.5, 0.6) is 0 Å². The summed E-state index contributed by atoms with van der Waals surface area (Å²) in [6, 6.07) is 4.01. The van der Waals surface area contributed by atoms with Crippen LogP contribution in [0, 0.1) is 13.8 Å². The lowest BCUT2D eigenvalue weighted by molar-refractivity contribution is 1.06. The van der Waals surface area contributed by atoms with Crippen LogP contribution < -0.4 is 0 Å². The van der Waals surface area contributed by atoms with E-state index in [1.54, 1.807) is 0 Å². The molecule has 0 aliphatic carbocycles. The number of nitrogens with zero attached hydrogens (tertiary/aromatic N) is 3. The molecule has 2 heterocycles. The van der Waals surface area contributed by atoms with Gasteiger partial charge in [0.2, 0.25) is 5.28 Å². The lowest BCUT2D eigenvalue weighted by atomic mass is 10.2. The van der Waals surface area contributed by atoms with Gasteiger partial charge in [0, 0.05) is 5.69 Å². The van der Waals surface area contributed by atoms with Crippen molar-refractivity contribution in [2.24, 2.45) is 0 Å². The lowest BCUT2D eigenvalue weighted by Gasteiger charge is -2.00. The van der Waals surface area contributed by atoms with Crippen molar-refractivity contribution in [2.45, 2.75) is 13.8 Å². The number of hydrogen-bond donors (Lipinski definition) is 0. The van der Waals surface area contributed by atoms with Crippen LogP contribution in [0.2, 0.25) is 5.28 Å². The van der Waals surface area contributed by atoms with Gasteiger partial charge in [-0.25, -0.2) is 0 Å². The Morgan fingerprint density at radius 1 is 1.25 bits per heavy atom. The Hall–Kier alpha value is -1.09. The summed E-state index contributed by atoms with van der Waals surface area (Å²) in [4.78, 5) is 0. The number of rotatable bonds is 0. The van der Waals surface area contributed by atoms with Crippen molar-refractivity contribution >= 4 is 17.2 Å². The van der Waals surface area contributed by atoms with Crippen molar-refractivity contribution in [1.29, 1.82) is 0 Å². The van der Waals surface area contributed by atoms with Gasteiger partial charge in [0.1, 0.15) is 0 Å². The molecule has 4 heteroatoms. The fraction of sp³-hybridized carbons (Fsp3) is 0.250. The quantitative estimate of drug-likeness (QED) is 0.622. The third-order valence-corrected chi connectivity index (χ3v) is 2.15. The van der Waals surface area contributed by atoms with Gasteiger partial charge in [-0.2, -0.15) is 0 Å². The second-order valence-electron chi connectivity index (χ2n) is 2.79. The summed E-state index contributed by atoms with van der Waals surface area (Å²) in [5, 5.41) is 8.18. The summed E-state index contributed by atoms with van der Waals surface area (Å²) in [7, 11) is 0.